The van der Waals surface area contributed by atoms with Crippen molar-refractivity contribution in [2.75, 3.05) is 26.7 Å². The Morgan fingerprint density at radius 1 is 1.10 bits per heavy atom. The van der Waals surface area contributed by atoms with E-state index in [2.05, 4.69) is 0 Å². The van der Waals surface area contributed by atoms with Gasteiger partial charge in [0.2, 0.25) is 0 Å². The number of carbonyl (C=O) groups is 2. The molecule has 0 aliphatic carbocycles. The molecule has 0 saturated carbocycles. The first-order chi connectivity index (χ1) is 20.1. The number of likely N-dealkylation sites (N-methyl/N-ethyl adjacent to an activating group) is 1. The molecule has 2 amide bonds. The molecule has 9 heteroatoms. The summed E-state index contributed by atoms with van der Waals surface area (Å²) in [6, 6.07) is 20.3. The van der Waals surface area contributed by atoms with E-state index < -0.39 is 12.1 Å². The van der Waals surface area contributed by atoms with Gasteiger partial charge in [-0.05, 0) is 42.3 Å². The molecule has 0 spiro atoms. The second kappa shape index (κ2) is 12.5. The Balaban J connectivity index is 1.58. The van der Waals surface area contributed by atoms with Gasteiger partial charge in [0.25, 0.3) is 11.8 Å². The predicted molar refractivity (Wildman–Crippen MR) is 167 cm³/mol. The average molecular weight is 609 g/mol. The summed E-state index contributed by atoms with van der Waals surface area (Å²) in [6.45, 7) is 4.56. The number of amides is 2. The number of hydrogen-bond donors (Lipinski definition) is 1. The number of benzene rings is 3. The number of fused-ring (bicyclic) bond motifs is 5. The number of aromatic nitrogens is 1. The summed E-state index contributed by atoms with van der Waals surface area (Å²) in [5.41, 5.74) is 4.62. The number of rotatable bonds is 5. The van der Waals surface area contributed by atoms with Crippen LogP contribution < -0.4 is 0 Å². The van der Waals surface area contributed by atoms with Gasteiger partial charge in [0, 0.05) is 65.2 Å². The molecule has 1 aromatic heterocycles. The van der Waals surface area contributed by atoms with Gasteiger partial charge in [-0.15, -0.1) is 0 Å². The van der Waals surface area contributed by atoms with Crippen LogP contribution in [0.25, 0.3) is 22.0 Å². The van der Waals surface area contributed by atoms with Gasteiger partial charge in [0.05, 0.1) is 25.4 Å². The Kier molecular flexibility index (Phi) is 8.94. The van der Waals surface area contributed by atoms with E-state index in [1.54, 1.807) is 35.0 Å². The molecule has 1 N–H and O–H groups in total. The molecule has 0 saturated heterocycles. The fourth-order valence-electron chi connectivity index (χ4n) is 5.78. The van der Waals surface area contributed by atoms with E-state index >= 15 is 0 Å². The molecule has 4 aromatic rings. The molecular formula is C33H35Cl2N3O4. The highest BCUT2D eigenvalue weighted by Gasteiger charge is 2.34. The van der Waals surface area contributed by atoms with E-state index in [0.717, 1.165) is 27.6 Å². The van der Waals surface area contributed by atoms with Crippen LogP contribution in [-0.2, 0) is 18.4 Å². The van der Waals surface area contributed by atoms with Crippen molar-refractivity contribution in [2.24, 2.45) is 13.0 Å². The van der Waals surface area contributed by atoms with Crippen LogP contribution in [0.15, 0.2) is 66.7 Å². The number of aryl methyl sites for hydroxylation is 1. The van der Waals surface area contributed by atoms with E-state index in [-0.39, 0.29) is 30.9 Å². The molecule has 1 aliphatic heterocycles. The van der Waals surface area contributed by atoms with Gasteiger partial charge in [-0.2, -0.15) is 0 Å². The van der Waals surface area contributed by atoms with Crippen LogP contribution in [0.1, 0.15) is 40.3 Å². The maximum atomic E-state index is 14.5. The topological polar surface area (TPSA) is 75.0 Å². The Hall–Kier alpha value is -3.36. The number of aliphatic hydroxyl groups is 1. The lowest BCUT2D eigenvalue weighted by Gasteiger charge is -2.35. The molecule has 3 aromatic carbocycles. The third kappa shape index (κ3) is 5.79. The number of halogens is 2. The number of hydrogen-bond acceptors (Lipinski definition) is 4. The van der Waals surface area contributed by atoms with Crippen molar-refractivity contribution in [1.82, 2.24) is 14.4 Å². The van der Waals surface area contributed by atoms with E-state index in [4.69, 9.17) is 27.9 Å². The Bertz CT molecular complexity index is 1610. The average Bonchev–Trinajstić information content (AvgIpc) is 3.27. The Morgan fingerprint density at radius 3 is 2.48 bits per heavy atom. The van der Waals surface area contributed by atoms with Gasteiger partial charge < -0.3 is 24.2 Å². The van der Waals surface area contributed by atoms with Crippen molar-refractivity contribution in [2.45, 2.75) is 32.6 Å². The van der Waals surface area contributed by atoms with E-state index in [1.807, 2.05) is 74.0 Å². The molecular weight excluding hydrogens is 573 g/mol. The summed E-state index contributed by atoms with van der Waals surface area (Å²) < 4.78 is 8.54. The standard InChI is InChI=1S/C33H35Cl2N3O4/c1-20-16-38(21(2)18-39)33(41)31-30(27-11-7-8-12-28(27)37(31)4)26-10-6-5-9-22(26)19-42-29(20)17-36(3)32(40)23-13-24(34)15-25(35)14-23/h5-15,20-21,29,39H,16-19H2,1-4H3/t20-,21-,29-/m0/s1. The monoisotopic (exact) mass is 607 g/mol. The quantitative estimate of drug-likeness (QED) is 0.290. The van der Waals surface area contributed by atoms with Gasteiger partial charge >= 0.3 is 0 Å². The minimum absolute atomic E-state index is 0.162. The molecule has 5 rings (SSSR count). The van der Waals surface area contributed by atoms with E-state index in [1.165, 1.54) is 0 Å². The van der Waals surface area contributed by atoms with Gasteiger partial charge in [-0.1, -0.05) is 72.6 Å². The molecule has 220 valence electrons. The summed E-state index contributed by atoms with van der Waals surface area (Å²) in [5, 5.41) is 11.9. The molecule has 42 heavy (non-hydrogen) atoms. The van der Waals surface area contributed by atoms with Crippen molar-refractivity contribution in [1.29, 1.82) is 0 Å². The summed E-state index contributed by atoms with van der Waals surface area (Å²) in [5.74, 6) is -0.574. The van der Waals surface area contributed by atoms with Crippen molar-refractivity contribution in [3.63, 3.8) is 0 Å². The highest BCUT2D eigenvalue weighted by molar-refractivity contribution is 6.35. The first-order valence-electron chi connectivity index (χ1n) is 14.0. The molecule has 0 unspecified atom stereocenters. The minimum Gasteiger partial charge on any atom is -0.394 e. The fourth-order valence-corrected chi connectivity index (χ4v) is 6.30. The molecule has 0 radical (unpaired) electrons. The fraction of sp³-hybridized carbons (Fsp3) is 0.333. The summed E-state index contributed by atoms with van der Waals surface area (Å²) in [6.07, 6.45) is -0.416. The van der Waals surface area contributed by atoms with Crippen LogP contribution in [0, 0.1) is 5.92 Å². The highest BCUT2D eigenvalue weighted by Crippen LogP contribution is 2.38. The maximum absolute atomic E-state index is 14.5. The summed E-state index contributed by atoms with van der Waals surface area (Å²) in [4.78, 5) is 31.1. The molecule has 3 atom stereocenters. The maximum Gasteiger partial charge on any atom is 0.271 e. The lowest BCUT2D eigenvalue weighted by Crippen LogP contribution is -2.48. The summed E-state index contributed by atoms with van der Waals surface area (Å²) in [7, 11) is 3.63. The van der Waals surface area contributed by atoms with Crippen LogP contribution >= 0.6 is 23.2 Å². The van der Waals surface area contributed by atoms with Crippen LogP contribution in [-0.4, -0.2) is 70.2 Å². The normalized spacial score (nSPS) is 18.3. The van der Waals surface area contributed by atoms with Gasteiger partial charge in [-0.3, -0.25) is 9.59 Å². The van der Waals surface area contributed by atoms with Crippen LogP contribution in [0.4, 0.5) is 0 Å². The minimum atomic E-state index is -0.435. The number of para-hydroxylation sites is 1. The van der Waals surface area contributed by atoms with Gasteiger partial charge in [-0.25, -0.2) is 0 Å². The molecule has 1 aliphatic rings. The van der Waals surface area contributed by atoms with Crippen molar-refractivity contribution < 1.29 is 19.4 Å². The lowest BCUT2D eigenvalue weighted by atomic mass is 9.96. The molecule has 7 nitrogen and oxygen atoms in total. The molecule has 2 heterocycles. The number of nitrogens with zero attached hydrogens (tertiary/aromatic N) is 3. The van der Waals surface area contributed by atoms with Crippen molar-refractivity contribution in [3.05, 3.63) is 93.6 Å². The predicted octanol–water partition coefficient (Wildman–Crippen LogP) is 6.28. The Labute approximate surface area is 256 Å². The van der Waals surface area contributed by atoms with E-state index in [9.17, 15) is 14.7 Å². The first kappa shape index (κ1) is 30.1. The lowest BCUT2D eigenvalue weighted by molar-refractivity contribution is -0.0210. The second-order valence-electron chi connectivity index (χ2n) is 11.1. The van der Waals surface area contributed by atoms with Gasteiger partial charge in [0.1, 0.15) is 5.69 Å². The summed E-state index contributed by atoms with van der Waals surface area (Å²) >= 11 is 12.3. The third-order valence-corrected chi connectivity index (χ3v) is 8.57. The highest BCUT2D eigenvalue weighted by atomic mass is 35.5. The number of aliphatic hydroxyl groups excluding tert-OH is 1. The molecule has 0 fully saturated rings. The zero-order valence-electron chi connectivity index (χ0n) is 24.2. The van der Waals surface area contributed by atoms with Crippen LogP contribution in [0.2, 0.25) is 10.0 Å². The smallest absolute Gasteiger partial charge is 0.271 e. The third-order valence-electron chi connectivity index (χ3n) is 8.14. The number of carbonyl (C=O) groups excluding carboxylic acids is 2. The Morgan fingerprint density at radius 2 is 1.76 bits per heavy atom. The zero-order valence-corrected chi connectivity index (χ0v) is 25.7. The van der Waals surface area contributed by atoms with Crippen LogP contribution in [0.3, 0.4) is 0 Å². The zero-order chi connectivity index (χ0) is 30.1. The first-order valence-corrected chi connectivity index (χ1v) is 14.8. The van der Waals surface area contributed by atoms with Gasteiger partial charge in [0.15, 0.2) is 0 Å². The number of ether oxygens (including phenoxy) is 1. The largest absolute Gasteiger partial charge is 0.394 e. The van der Waals surface area contributed by atoms with Crippen molar-refractivity contribution in [3.8, 4) is 11.1 Å². The second-order valence-corrected chi connectivity index (χ2v) is 12.0. The van der Waals surface area contributed by atoms with Crippen molar-refractivity contribution >= 4 is 45.9 Å². The molecule has 0 bridgehead atoms. The SMILES string of the molecule is C[C@H]1CN([C@@H](C)CO)C(=O)c2c(c3ccccc3n2C)-c2ccccc2CO[C@H]1CN(C)C(=O)c1cc(Cl)cc(Cl)c1. The van der Waals surface area contributed by atoms with Crippen LogP contribution in [0.5, 0.6) is 0 Å². The van der Waals surface area contributed by atoms with E-state index in [0.29, 0.717) is 34.5 Å².